The maximum atomic E-state index is 13.5. The number of ether oxygens (including phenoxy) is 1. The van der Waals surface area contributed by atoms with Gasteiger partial charge in [-0.15, -0.1) is 0 Å². The summed E-state index contributed by atoms with van der Waals surface area (Å²) in [4.78, 5) is 3.94. The van der Waals surface area contributed by atoms with Crippen molar-refractivity contribution >= 4 is 0 Å². The van der Waals surface area contributed by atoms with E-state index >= 15 is 0 Å². The van der Waals surface area contributed by atoms with E-state index in [-0.39, 0.29) is 23.6 Å². The van der Waals surface area contributed by atoms with Crippen LogP contribution in [0.2, 0.25) is 0 Å². The van der Waals surface area contributed by atoms with Crippen molar-refractivity contribution in [3.63, 3.8) is 0 Å². The molecule has 1 heterocycles. The van der Waals surface area contributed by atoms with Gasteiger partial charge in [0, 0.05) is 12.2 Å². The van der Waals surface area contributed by atoms with Gasteiger partial charge in [-0.05, 0) is 30.4 Å². The Morgan fingerprint density at radius 2 is 1.92 bits per heavy atom. The van der Waals surface area contributed by atoms with Gasteiger partial charge in [0.15, 0.2) is 0 Å². The van der Waals surface area contributed by atoms with Crippen LogP contribution in [0, 0.1) is 17.0 Å². The van der Waals surface area contributed by atoms with Crippen LogP contribution < -0.4 is 0 Å². The summed E-state index contributed by atoms with van der Waals surface area (Å²) in [6, 6.07) is 3.51. The van der Waals surface area contributed by atoms with Crippen molar-refractivity contribution in [3.8, 4) is 0 Å². The largest absolute Gasteiger partial charge is 0.390 e. The van der Waals surface area contributed by atoms with Crippen LogP contribution in [-0.4, -0.2) is 32.6 Å². The summed E-state index contributed by atoms with van der Waals surface area (Å²) in [5.74, 6) is -1.22. The number of aliphatic hydroxyl groups is 1. The molecule has 0 aliphatic heterocycles. The first-order valence-corrected chi connectivity index (χ1v) is 8.33. The molecule has 0 saturated carbocycles. The molecule has 2 rings (SSSR count). The van der Waals surface area contributed by atoms with Gasteiger partial charge in [-0.2, -0.15) is 5.10 Å². The molecule has 5 nitrogen and oxygen atoms in total. The Hall–Kier alpha value is -1.86. The molecule has 2 atom stereocenters. The minimum Gasteiger partial charge on any atom is -0.390 e. The highest BCUT2D eigenvalue weighted by atomic mass is 19.1. The molecule has 0 aliphatic rings. The van der Waals surface area contributed by atoms with E-state index in [1.165, 1.54) is 24.5 Å². The van der Waals surface area contributed by atoms with Crippen molar-refractivity contribution in [2.45, 2.75) is 52.4 Å². The Kier molecular flexibility index (Phi) is 6.61. The molecule has 0 radical (unpaired) electrons. The van der Waals surface area contributed by atoms with E-state index in [2.05, 4.69) is 10.1 Å². The van der Waals surface area contributed by atoms with Crippen LogP contribution in [0.5, 0.6) is 0 Å². The van der Waals surface area contributed by atoms with Crippen LogP contribution in [0.3, 0.4) is 0 Å². The molecule has 138 valence electrons. The summed E-state index contributed by atoms with van der Waals surface area (Å²) in [6.07, 6.45) is 3.63. The average Bonchev–Trinajstić information content (AvgIpc) is 3.06. The lowest BCUT2D eigenvalue weighted by Gasteiger charge is -2.33. The van der Waals surface area contributed by atoms with Gasteiger partial charge < -0.3 is 9.84 Å². The molecule has 0 aliphatic carbocycles. The maximum Gasteiger partial charge on any atom is 0.137 e. The number of rotatable bonds is 8. The SMILES string of the molecule is CC(C)(C)C(O)C(CCCOCc1c(F)cccc1F)n1cncn1. The second kappa shape index (κ2) is 8.49. The van der Waals surface area contributed by atoms with E-state index in [1.54, 1.807) is 11.0 Å². The second-order valence-electron chi connectivity index (χ2n) is 7.15. The monoisotopic (exact) mass is 353 g/mol. The van der Waals surface area contributed by atoms with E-state index < -0.39 is 17.7 Å². The molecule has 0 bridgehead atoms. The van der Waals surface area contributed by atoms with Gasteiger partial charge in [0.25, 0.3) is 0 Å². The van der Waals surface area contributed by atoms with Gasteiger partial charge in [-0.1, -0.05) is 26.8 Å². The molecule has 0 spiro atoms. The number of hydrogen-bond donors (Lipinski definition) is 1. The zero-order chi connectivity index (χ0) is 18.4. The van der Waals surface area contributed by atoms with Crippen molar-refractivity contribution in [3.05, 3.63) is 48.1 Å². The fraction of sp³-hybridized carbons (Fsp3) is 0.556. The highest BCUT2D eigenvalue weighted by molar-refractivity contribution is 5.18. The Morgan fingerprint density at radius 3 is 2.48 bits per heavy atom. The fourth-order valence-electron chi connectivity index (χ4n) is 2.64. The number of benzene rings is 1. The van der Waals surface area contributed by atoms with E-state index in [4.69, 9.17) is 4.74 Å². The molecular weight excluding hydrogens is 328 g/mol. The summed E-state index contributed by atoms with van der Waals surface area (Å²) in [6.45, 7) is 6.08. The summed E-state index contributed by atoms with van der Waals surface area (Å²) < 4.78 is 34.1. The van der Waals surface area contributed by atoms with Gasteiger partial charge in [-0.3, -0.25) is 0 Å². The third-order valence-electron chi connectivity index (χ3n) is 4.12. The van der Waals surface area contributed by atoms with Crippen molar-refractivity contribution in [1.82, 2.24) is 14.8 Å². The van der Waals surface area contributed by atoms with Crippen LogP contribution in [-0.2, 0) is 11.3 Å². The smallest absolute Gasteiger partial charge is 0.137 e. The maximum absolute atomic E-state index is 13.5. The van der Waals surface area contributed by atoms with Gasteiger partial charge in [0.05, 0.1) is 18.8 Å². The van der Waals surface area contributed by atoms with E-state index in [9.17, 15) is 13.9 Å². The Bertz CT molecular complexity index is 637. The molecule has 0 saturated heterocycles. The molecule has 0 amide bonds. The first-order chi connectivity index (χ1) is 11.8. The molecule has 1 aromatic heterocycles. The summed E-state index contributed by atoms with van der Waals surface area (Å²) in [7, 11) is 0. The van der Waals surface area contributed by atoms with Crippen molar-refractivity contribution < 1.29 is 18.6 Å². The van der Waals surface area contributed by atoms with Crippen LogP contribution in [0.25, 0.3) is 0 Å². The van der Waals surface area contributed by atoms with Gasteiger partial charge >= 0.3 is 0 Å². The lowest BCUT2D eigenvalue weighted by Crippen LogP contribution is -2.36. The van der Waals surface area contributed by atoms with Crippen LogP contribution in [0.1, 0.15) is 45.2 Å². The normalized spacial score (nSPS) is 14.5. The van der Waals surface area contributed by atoms with E-state index in [0.717, 1.165) is 0 Å². The van der Waals surface area contributed by atoms with E-state index in [0.29, 0.717) is 19.4 Å². The van der Waals surface area contributed by atoms with E-state index in [1.807, 2.05) is 20.8 Å². The van der Waals surface area contributed by atoms with Gasteiger partial charge in [0.1, 0.15) is 24.3 Å². The number of aromatic nitrogens is 3. The number of nitrogens with zero attached hydrogens (tertiary/aromatic N) is 3. The Labute approximate surface area is 146 Å². The summed E-state index contributed by atoms with van der Waals surface area (Å²) in [5.41, 5.74) is -0.377. The predicted molar refractivity (Wildman–Crippen MR) is 89.8 cm³/mol. The molecule has 7 heteroatoms. The standard InChI is InChI=1S/C18H25F2N3O2/c1-18(2,3)17(24)16(23-12-21-11-22-23)8-5-9-25-10-13-14(19)6-4-7-15(13)20/h4,6-7,11-12,16-17,24H,5,8-10H2,1-3H3. The third-order valence-corrected chi connectivity index (χ3v) is 4.12. The van der Waals surface area contributed by atoms with Crippen LogP contribution in [0.15, 0.2) is 30.9 Å². The molecule has 1 N–H and O–H groups in total. The second-order valence-corrected chi connectivity index (χ2v) is 7.15. The predicted octanol–water partition coefficient (Wildman–Crippen LogP) is 3.50. The van der Waals surface area contributed by atoms with Crippen molar-refractivity contribution in [2.75, 3.05) is 6.61 Å². The number of halogens is 2. The zero-order valence-corrected chi connectivity index (χ0v) is 14.8. The molecule has 2 unspecified atom stereocenters. The molecular formula is C18H25F2N3O2. The Morgan fingerprint density at radius 1 is 1.24 bits per heavy atom. The first kappa shape index (κ1) is 19.5. The number of aliphatic hydroxyl groups excluding tert-OH is 1. The van der Waals surface area contributed by atoms with Crippen molar-refractivity contribution in [2.24, 2.45) is 5.41 Å². The fourth-order valence-corrected chi connectivity index (χ4v) is 2.64. The molecule has 0 fully saturated rings. The lowest BCUT2D eigenvalue weighted by molar-refractivity contribution is 0.00489. The molecule has 2 aromatic rings. The highest BCUT2D eigenvalue weighted by Crippen LogP contribution is 2.30. The topological polar surface area (TPSA) is 60.2 Å². The summed E-state index contributed by atoms with van der Waals surface area (Å²) >= 11 is 0. The van der Waals surface area contributed by atoms with Crippen LogP contribution >= 0.6 is 0 Å². The quantitative estimate of drug-likeness (QED) is 0.738. The number of hydrogen-bond acceptors (Lipinski definition) is 4. The highest BCUT2D eigenvalue weighted by Gasteiger charge is 2.31. The Balaban J connectivity index is 1.87. The molecule has 1 aromatic carbocycles. The van der Waals surface area contributed by atoms with Crippen LogP contribution in [0.4, 0.5) is 8.78 Å². The van der Waals surface area contributed by atoms with Gasteiger partial charge in [-0.25, -0.2) is 18.4 Å². The van der Waals surface area contributed by atoms with Gasteiger partial charge in [0.2, 0.25) is 0 Å². The lowest BCUT2D eigenvalue weighted by atomic mass is 9.83. The average molecular weight is 353 g/mol. The minimum atomic E-state index is -0.613. The first-order valence-electron chi connectivity index (χ1n) is 8.33. The minimum absolute atomic E-state index is 0.0648. The molecule has 25 heavy (non-hydrogen) atoms. The third kappa shape index (κ3) is 5.31. The zero-order valence-electron chi connectivity index (χ0n) is 14.8. The summed E-state index contributed by atoms with van der Waals surface area (Å²) in [5, 5.41) is 14.7. The van der Waals surface area contributed by atoms with Crippen molar-refractivity contribution in [1.29, 1.82) is 0 Å².